The molecule has 0 aliphatic heterocycles. The van der Waals surface area contributed by atoms with Crippen molar-refractivity contribution in [3.8, 4) is 5.75 Å². The zero-order chi connectivity index (χ0) is 11.6. The topological polar surface area (TPSA) is 43.4 Å². The number of hydrogen-bond acceptors (Lipinski definition) is 3. The van der Waals surface area contributed by atoms with Gasteiger partial charge in [0.1, 0.15) is 16.8 Å². The van der Waals surface area contributed by atoms with Crippen molar-refractivity contribution in [3.05, 3.63) is 29.6 Å². The van der Waals surface area contributed by atoms with Crippen LogP contribution in [0, 0.1) is 5.82 Å². The predicted molar refractivity (Wildman–Crippen MR) is 51.4 cm³/mol. The molecule has 1 atom stereocenters. The van der Waals surface area contributed by atoms with Gasteiger partial charge in [0.15, 0.2) is 0 Å². The highest BCUT2D eigenvalue weighted by Crippen LogP contribution is 2.27. The Hall–Kier alpha value is -1.17. The minimum atomic E-state index is -4.78. The molecule has 0 aliphatic carbocycles. The van der Waals surface area contributed by atoms with Crippen LogP contribution in [0.3, 0.4) is 0 Å². The predicted octanol–water partition coefficient (Wildman–Crippen LogP) is 2.19. The second-order valence-corrected chi connectivity index (χ2v) is 4.66. The summed E-state index contributed by atoms with van der Waals surface area (Å²) >= 11 is 0. The Balaban J connectivity index is 3.17. The van der Waals surface area contributed by atoms with Gasteiger partial charge in [-0.1, -0.05) is 6.07 Å². The number of benzene rings is 1. The molecule has 1 aromatic carbocycles. The van der Waals surface area contributed by atoms with Crippen LogP contribution in [0.1, 0.15) is 17.7 Å². The van der Waals surface area contributed by atoms with E-state index in [-0.39, 0.29) is 11.3 Å². The van der Waals surface area contributed by atoms with Crippen molar-refractivity contribution in [2.24, 2.45) is 0 Å². The highest BCUT2D eigenvalue weighted by Gasteiger charge is 2.24. The molecule has 0 heterocycles. The van der Waals surface area contributed by atoms with E-state index in [2.05, 4.69) is 0 Å². The van der Waals surface area contributed by atoms with Gasteiger partial charge >= 0.3 is 10.2 Å². The summed E-state index contributed by atoms with van der Waals surface area (Å²) in [7, 11) is -3.43. The first-order valence-corrected chi connectivity index (χ1v) is 5.58. The Morgan fingerprint density at radius 1 is 1.40 bits per heavy atom. The maximum Gasteiger partial charge on any atom is 0.309 e. The van der Waals surface area contributed by atoms with Crippen LogP contribution in [-0.2, 0) is 10.2 Å². The van der Waals surface area contributed by atoms with Gasteiger partial charge in [0.25, 0.3) is 0 Å². The van der Waals surface area contributed by atoms with E-state index in [0.29, 0.717) is 0 Å². The number of hydrogen-bond donors (Lipinski definition) is 0. The molecule has 0 radical (unpaired) electrons. The van der Waals surface area contributed by atoms with Gasteiger partial charge in [-0.15, -0.1) is 3.89 Å². The smallest absolute Gasteiger partial charge is 0.309 e. The summed E-state index contributed by atoms with van der Waals surface area (Å²) in [5.41, 5.74) is -0.210. The SMILES string of the molecule is COc1ccc(C(C)S(=O)(=O)F)c(F)c1. The Bertz CT molecular complexity index is 456. The molecule has 15 heavy (non-hydrogen) atoms. The summed E-state index contributed by atoms with van der Waals surface area (Å²) in [6, 6.07) is 3.58. The molecule has 0 spiro atoms. The molecule has 1 unspecified atom stereocenters. The van der Waals surface area contributed by atoms with Crippen LogP contribution < -0.4 is 4.74 Å². The van der Waals surface area contributed by atoms with Crippen molar-refractivity contribution < 1.29 is 21.4 Å². The molecule has 0 saturated heterocycles. The second kappa shape index (κ2) is 4.14. The third-order valence-electron chi connectivity index (χ3n) is 2.07. The molecule has 0 N–H and O–H groups in total. The van der Waals surface area contributed by atoms with Gasteiger partial charge in [-0.2, -0.15) is 8.42 Å². The van der Waals surface area contributed by atoms with E-state index in [0.717, 1.165) is 13.0 Å². The summed E-state index contributed by atoms with van der Waals surface area (Å²) in [5, 5.41) is -1.51. The van der Waals surface area contributed by atoms with Crippen LogP contribution in [0.2, 0.25) is 0 Å². The van der Waals surface area contributed by atoms with Crippen molar-refractivity contribution in [3.63, 3.8) is 0 Å². The molecule has 3 nitrogen and oxygen atoms in total. The summed E-state index contributed by atoms with van der Waals surface area (Å²) in [4.78, 5) is 0. The molecular weight excluding hydrogens is 226 g/mol. The Morgan fingerprint density at radius 2 is 2.00 bits per heavy atom. The first kappa shape index (κ1) is 11.9. The minimum absolute atomic E-state index is 0.210. The Labute approximate surface area is 86.9 Å². The summed E-state index contributed by atoms with van der Waals surface area (Å²) in [5.74, 6) is -0.553. The van der Waals surface area contributed by atoms with Crippen LogP contribution in [0.5, 0.6) is 5.75 Å². The first-order valence-electron chi connectivity index (χ1n) is 4.13. The minimum Gasteiger partial charge on any atom is -0.497 e. The van der Waals surface area contributed by atoms with Crippen molar-refractivity contribution in [1.29, 1.82) is 0 Å². The fraction of sp³-hybridized carbons (Fsp3) is 0.333. The third-order valence-corrected chi connectivity index (χ3v) is 3.17. The van der Waals surface area contributed by atoms with E-state index >= 15 is 0 Å². The Morgan fingerprint density at radius 3 is 2.40 bits per heavy atom. The number of methoxy groups -OCH3 is 1. The van der Waals surface area contributed by atoms with Crippen molar-refractivity contribution in [2.45, 2.75) is 12.2 Å². The highest BCUT2D eigenvalue weighted by atomic mass is 32.3. The van der Waals surface area contributed by atoms with Gasteiger partial charge in [0.2, 0.25) is 0 Å². The third kappa shape index (κ3) is 2.65. The molecule has 0 saturated carbocycles. The number of ether oxygens (including phenoxy) is 1. The van der Waals surface area contributed by atoms with E-state index in [1.807, 2.05) is 0 Å². The van der Waals surface area contributed by atoms with E-state index in [9.17, 15) is 16.7 Å². The van der Waals surface area contributed by atoms with E-state index in [1.54, 1.807) is 0 Å². The highest BCUT2D eigenvalue weighted by molar-refractivity contribution is 7.86. The molecule has 6 heteroatoms. The van der Waals surface area contributed by atoms with Crippen LogP contribution in [0.15, 0.2) is 18.2 Å². The Kier molecular flexibility index (Phi) is 3.28. The zero-order valence-electron chi connectivity index (χ0n) is 8.20. The van der Waals surface area contributed by atoms with Crippen LogP contribution in [-0.4, -0.2) is 15.5 Å². The lowest BCUT2D eigenvalue weighted by molar-refractivity contribution is 0.410. The lowest BCUT2D eigenvalue weighted by Gasteiger charge is -2.09. The normalized spacial score (nSPS) is 13.6. The van der Waals surface area contributed by atoms with Gasteiger partial charge in [-0.05, 0) is 13.0 Å². The van der Waals surface area contributed by atoms with Crippen molar-refractivity contribution >= 4 is 10.2 Å². The van der Waals surface area contributed by atoms with Gasteiger partial charge < -0.3 is 4.74 Å². The summed E-state index contributed by atoms with van der Waals surface area (Å²) in [6.45, 7) is 1.08. The molecule has 0 bridgehead atoms. The van der Waals surface area contributed by atoms with Gasteiger partial charge in [0, 0.05) is 11.6 Å². The van der Waals surface area contributed by atoms with Gasteiger partial charge in [-0.3, -0.25) is 0 Å². The average Bonchev–Trinajstić information content (AvgIpc) is 2.15. The summed E-state index contributed by atoms with van der Waals surface area (Å²) < 4.78 is 51.8. The monoisotopic (exact) mass is 236 g/mol. The number of rotatable bonds is 3. The molecule has 0 aromatic heterocycles. The fourth-order valence-electron chi connectivity index (χ4n) is 1.12. The van der Waals surface area contributed by atoms with E-state index < -0.39 is 21.3 Å². The maximum atomic E-state index is 13.3. The average molecular weight is 236 g/mol. The quantitative estimate of drug-likeness (QED) is 0.755. The lowest BCUT2D eigenvalue weighted by Crippen LogP contribution is -2.06. The van der Waals surface area contributed by atoms with E-state index in [4.69, 9.17) is 4.74 Å². The van der Waals surface area contributed by atoms with Gasteiger partial charge in [0.05, 0.1) is 7.11 Å². The molecular formula is C9H10F2O3S. The van der Waals surface area contributed by atoms with E-state index in [1.165, 1.54) is 19.2 Å². The van der Waals surface area contributed by atoms with Crippen molar-refractivity contribution in [2.75, 3.05) is 7.11 Å². The van der Waals surface area contributed by atoms with Crippen LogP contribution in [0.4, 0.5) is 8.28 Å². The molecule has 1 aromatic rings. The standard InChI is InChI=1S/C9H10F2O3S/c1-6(15(11,12)13)8-4-3-7(14-2)5-9(8)10/h3-6H,1-2H3. The van der Waals surface area contributed by atoms with Crippen molar-refractivity contribution in [1.82, 2.24) is 0 Å². The van der Waals surface area contributed by atoms with Crippen LogP contribution in [0.25, 0.3) is 0 Å². The second-order valence-electron chi connectivity index (χ2n) is 3.01. The zero-order valence-corrected chi connectivity index (χ0v) is 9.01. The molecule has 0 amide bonds. The van der Waals surface area contributed by atoms with Crippen LogP contribution >= 0.6 is 0 Å². The lowest BCUT2D eigenvalue weighted by atomic mass is 10.1. The van der Waals surface area contributed by atoms with Gasteiger partial charge in [-0.25, -0.2) is 4.39 Å². The molecule has 0 aliphatic rings. The first-order chi connectivity index (χ1) is 6.86. The number of halogens is 2. The maximum absolute atomic E-state index is 13.3. The molecule has 84 valence electrons. The fourth-order valence-corrected chi connectivity index (χ4v) is 1.61. The summed E-state index contributed by atoms with van der Waals surface area (Å²) in [6.07, 6.45) is 0. The largest absolute Gasteiger partial charge is 0.497 e. The molecule has 0 fully saturated rings. The molecule has 1 rings (SSSR count).